The van der Waals surface area contributed by atoms with Crippen molar-refractivity contribution in [1.29, 1.82) is 0 Å². The number of aromatic hydroxyl groups is 1. The molecule has 5 nitrogen and oxygen atoms in total. The Morgan fingerprint density at radius 1 is 1.13 bits per heavy atom. The van der Waals surface area contributed by atoms with Crippen molar-refractivity contribution >= 4 is 17.3 Å². The molecule has 2 aromatic carbocycles. The van der Waals surface area contributed by atoms with Crippen LogP contribution in [-0.4, -0.2) is 22.9 Å². The van der Waals surface area contributed by atoms with Gasteiger partial charge in [-0.05, 0) is 42.8 Å². The molecular weight excluding hydrogens is 376 g/mol. The highest BCUT2D eigenvalue weighted by Crippen LogP contribution is 2.32. The summed E-state index contributed by atoms with van der Waals surface area (Å²) < 4.78 is 5.97. The molecule has 0 bridgehead atoms. The average Bonchev–Trinajstić information content (AvgIpc) is 2.76. The molecule has 156 valence electrons. The molecule has 0 saturated heterocycles. The van der Waals surface area contributed by atoms with Gasteiger partial charge in [0, 0.05) is 42.4 Å². The van der Waals surface area contributed by atoms with Crippen LogP contribution in [0, 0.1) is 12.8 Å². The van der Waals surface area contributed by atoms with Crippen LogP contribution in [-0.2, 0) is 17.8 Å². The molecule has 1 N–H and O–H groups in total. The summed E-state index contributed by atoms with van der Waals surface area (Å²) >= 11 is 0. The van der Waals surface area contributed by atoms with E-state index >= 15 is 0 Å². The van der Waals surface area contributed by atoms with Crippen molar-refractivity contribution in [2.75, 3.05) is 11.9 Å². The zero-order valence-corrected chi connectivity index (χ0v) is 17.9. The van der Waals surface area contributed by atoms with Gasteiger partial charge in [-0.1, -0.05) is 38.1 Å². The van der Waals surface area contributed by atoms with Crippen molar-refractivity contribution in [3.63, 3.8) is 0 Å². The lowest BCUT2D eigenvalue weighted by molar-refractivity contribution is -0.121. The third-order valence-electron chi connectivity index (χ3n) is 5.16. The van der Waals surface area contributed by atoms with Crippen LogP contribution in [0.5, 0.6) is 11.5 Å². The summed E-state index contributed by atoms with van der Waals surface area (Å²) in [4.78, 5) is 18.4. The number of carbonyl (C=O) groups excluding carboxylic acids is 1. The topological polar surface area (TPSA) is 62.7 Å². The average molecular weight is 405 g/mol. The first kappa shape index (κ1) is 21.4. The second kappa shape index (κ2) is 9.44. The van der Waals surface area contributed by atoms with Gasteiger partial charge in [-0.15, -0.1) is 0 Å². The van der Waals surface area contributed by atoms with Gasteiger partial charge in [0.15, 0.2) is 0 Å². The van der Waals surface area contributed by atoms with E-state index in [9.17, 15) is 9.90 Å². The fourth-order valence-corrected chi connectivity index (χ4v) is 3.13. The summed E-state index contributed by atoms with van der Waals surface area (Å²) in [5, 5.41) is 10.5. The third kappa shape index (κ3) is 4.98. The lowest BCUT2D eigenvalue weighted by Crippen LogP contribution is -2.11. The molecule has 3 aromatic rings. The number of pyridine rings is 1. The summed E-state index contributed by atoms with van der Waals surface area (Å²) in [6.45, 7) is 5.90. The first-order valence-corrected chi connectivity index (χ1v) is 10.1. The van der Waals surface area contributed by atoms with Crippen molar-refractivity contribution in [3.8, 4) is 11.5 Å². The number of hydrogen-bond acceptors (Lipinski definition) is 5. The number of ketones is 1. The van der Waals surface area contributed by atoms with Crippen LogP contribution in [0.2, 0.25) is 0 Å². The van der Waals surface area contributed by atoms with E-state index in [2.05, 4.69) is 11.1 Å². The number of benzene rings is 2. The van der Waals surface area contributed by atoms with Crippen LogP contribution in [0.1, 0.15) is 30.5 Å². The molecule has 0 amide bonds. The summed E-state index contributed by atoms with van der Waals surface area (Å²) in [5.74, 6) is 1.65. The maximum Gasteiger partial charge on any atom is 0.139 e. The number of anilines is 2. The van der Waals surface area contributed by atoms with Gasteiger partial charge in [0.2, 0.25) is 0 Å². The van der Waals surface area contributed by atoms with E-state index in [0.29, 0.717) is 23.5 Å². The van der Waals surface area contributed by atoms with E-state index < -0.39 is 0 Å². The molecule has 5 heteroatoms. The van der Waals surface area contributed by atoms with E-state index in [0.717, 1.165) is 17.1 Å². The third-order valence-corrected chi connectivity index (χ3v) is 5.16. The predicted octanol–water partition coefficient (Wildman–Crippen LogP) is 5.21. The molecule has 1 heterocycles. The second-order valence-electron chi connectivity index (χ2n) is 7.70. The Balaban J connectivity index is 1.71. The van der Waals surface area contributed by atoms with Crippen molar-refractivity contribution in [3.05, 3.63) is 77.5 Å². The molecule has 3 rings (SSSR count). The minimum absolute atomic E-state index is 0.0582. The van der Waals surface area contributed by atoms with Crippen LogP contribution >= 0.6 is 0 Å². The minimum atomic E-state index is -0.0582. The fraction of sp³-hybridized carbons (Fsp3) is 0.280. The summed E-state index contributed by atoms with van der Waals surface area (Å²) in [6.07, 6.45) is 2.00. The van der Waals surface area contributed by atoms with Gasteiger partial charge in [-0.25, -0.2) is 4.98 Å². The van der Waals surface area contributed by atoms with Gasteiger partial charge in [0.1, 0.15) is 29.7 Å². The number of aromatic nitrogens is 1. The highest BCUT2D eigenvalue weighted by Gasteiger charge is 2.15. The summed E-state index contributed by atoms with van der Waals surface area (Å²) in [7, 11) is 1.97. The van der Waals surface area contributed by atoms with Crippen molar-refractivity contribution in [1.82, 2.24) is 4.98 Å². The SMILES string of the molecule is Cc1c(OCc2cccc(N(C)c3ccccn3)c2)ccc(CC(=O)C(C)C)c1O. The van der Waals surface area contributed by atoms with Gasteiger partial charge in [-0.3, -0.25) is 4.79 Å². The molecule has 0 spiro atoms. The maximum absolute atomic E-state index is 12.0. The highest BCUT2D eigenvalue weighted by molar-refractivity contribution is 5.83. The number of nitrogens with zero attached hydrogens (tertiary/aromatic N) is 2. The van der Waals surface area contributed by atoms with Crippen molar-refractivity contribution < 1.29 is 14.6 Å². The van der Waals surface area contributed by atoms with Crippen LogP contribution in [0.25, 0.3) is 0 Å². The molecule has 0 fully saturated rings. The lowest BCUT2D eigenvalue weighted by atomic mass is 9.98. The maximum atomic E-state index is 12.0. The van der Waals surface area contributed by atoms with E-state index in [1.165, 1.54) is 0 Å². The zero-order chi connectivity index (χ0) is 21.7. The largest absolute Gasteiger partial charge is 0.507 e. The Bertz CT molecular complexity index is 1020. The molecule has 0 atom stereocenters. The van der Waals surface area contributed by atoms with Crippen LogP contribution < -0.4 is 9.64 Å². The van der Waals surface area contributed by atoms with Crippen LogP contribution in [0.3, 0.4) is 0 Å². The number of rotatable bonds is 8. The Morgan fingerprint density at radius 3 is 2.63 bits per heavy atom. The molecule has 0 radical (unpaired) electrons. The molecule has 0 aliphatic rings. The summed E-state index contributed by atoms with van der Waals surface area (Å²) in [5.41, 5.74) is 3.30. The van der Waals surface area contributed by atoms with E-state index in [-0.39, 0.29) is 23.9 Å². The quantitative estimate of drug-likeness (QED) is 0.558. The smallest absolute Gasteiger partial charge is 0.139 e. The van der Waals surface area contributed by atoms with Gasteiger partial charge in [0.05, 0.1) is 0 Å². The van der Waals surface area contributed by atoms with Gasteiger partial charge < -0.3 is 14.7 Å². The van der Waals surface area contributed by atoms with E-state index in [4.69, 9.17) is 4.74 Å². The van der Waals surface area contributed by atoms with Gasteiger partial charge >= 0.3 is 0 Å². The number of ether oxygens (including phenoxy) is 1. The molecule has 0 saturated carbocycles. The number of carbonyl (C=O) groups is 1. The monoisotopic (exact) mass is 404 g/mol. The lowest BCUT2D eigenvalue weighted by Gasteiger charge is -2.19. The van der Waals surface area contributed by atoms with E-state index in [1.54, 1.807) is 19.2 Å². The Morgan fingerprint density at radius 2 is 1.93 bits per heavy atom. The predicted molar refractivity (Wildman–Crippen MR) is 119 cm³/mol. The Kier molecular flexibility index (Phi) is 6.72. The van der Waals surface area contributed by atoms with Crippen LogP contribution in [0.4, 0.5) is 11.5 Å². The number of phenols is 1. The molecule has 30 heavy (non-hydrogen) atoms. The Labute approximate surface area is 178 Å². The molecular formula is C25H28N2O3. The number of Topliss-reactive ketones (excluding diaryl/α,β-unsaturated/α-hetero) is 1. The Hall–Kier alpha value is -3.34. The number of hydrogen-bond donors (Lipinski definition) is 1. The minimum Gasteiger partial charge on any atom is -0.507 e. The first-order chi connectivity index (χ1) is 14.4. The second-order valence-corrected chi connectivity index (χ2v) is 7.70. The molecule has 0 aliphatic heterocycles. The fourth-order valence-electron chi connectivity index (χ4n) is 3.13. The zero-order valence-electron chi connectivity index (χ0n) is 17.9. The molecule has 0 aliphatic carbocycles. The first-order valence-electron chi connectivity index (χ1n) is 10.1. The van der Waals surface area contributed by atoms with Crippen LogP contribution in [0.15, 0.2) is 60.8 Å². The number of phenolic OH excluding ortho intramolecular Hbond substituents is 1. The van der Waals surface area contributed by atoms with E-state index in [1.807, 2.05) is 68.3 Å². The van der Waals surface area contributed by atoms with Crippen molar-refractivity contribution in [2.24, 2.45) is 5.92 Å². The van der Waals surface area contributed by atoms with Crippen molar-refractivity contribution in [2.45, 2.75) is 33.8 Å². The highest BCUT2D eigenvalue weighted by atomic mass is 16.5. The molecule has 1 aromatic heterocycles. The summed E-state index contributed by atoms with van der Waals surface area (Å²) in [6, 6.07) is 17.5. The molecule has 0 unspecified atom stereocenters. The van der Waals surface area contributed by atoms with Gasteiger partial charge in [-0.2, -0.15) is 0 Å². The normalized spacial score (nSPS) is 10.8. The van der Waals surface area contributed by atoms with Gasteiger partial charge in [0.25, 0.3) is 0 Å². The standard InChI is InChI=1S/C25H28N2O3/c1-17(2)22(28)15-20-11-12-23(18(3)25(20)29)30-16-19-8-7-9-21(14-19)27(4)24-10-5-6-13-26-24/h5-14,17,29H,15-16H2,1-4H3.